The van der Waals surface area contributed by atoms with Gasteiger partial charge in [-0.2, -0.15) is 0 Å². The molecule has 0 spiro atoms. The van der Waals surface area contributed by atoms with E-state index in [9.17, 15) is 14.4 Å². The molecule has 0 unspecified atom stereocenters. The SMILES string of the molecule is O=C(O)CCCCC(=O)NC(=O)NCc1ccco1. The third-order valence-electron chi connectivity index (χ3n) is 2.30. The van der Waals surface area contributed by atoms with Crippen LogP contribution in [0.5, 0.6) is 0 Å². The Balaban J connectivity index is 2.10. The standard InChI is InChI=1S/C12H16N2O5/c15-10(5-1-2-6-11(16)17)14-12(18)13-8-9-4-3-7-19-9/h3-4,7H,1-2,5-6,8H2,(H,16,17)(H2,13,14,15,18). The monoisotopic (exact) mass is 268 g/mol. The van der Waals surface area contributed by atoms with Crippen LogP contribution in [0.15, 0.2) is 22.8 Å². The summed E-state index contributed by atoms with van der Waals surface area (Å²) >= 11 is 0. The molecule has 1 aromatic heterocycles. The smallest absolute Gasteiger partial charge is 0.321 e. The molecule has 0 saturated carbocycles. The number of furan rings is 1. The van der Waals surface area contributed by atoms with Crippen LogP contribution in [-0.2, 0) is 16.1 Å². The number of imide groups is 1. The van der Waals surface area contributed by atoms with Gasteiger partial charge in [0.25, 0.3) is 0 Å². The molecule has 19 heavy (non-hydrogen) atoms. The molecular formula is C12H16N2O5. The Hall–Kier alpha value is -2.31. The van der Waals surface area contributed by atoms with Crippen molar-refractivity contribution in [1.82, 2.24) is 10.6 Å². The van der Waals surface area contributed by atoms with Gasteiger partial charge in [0.15, 0.2) is 0 Å². The predicted molar refractivity (Wildman–Crippen MR) is 65.2 cm³/mol. The van der Waals surface area contributed by atoms with Crippen LogP contribution in [0, 0.1) is 0 Å². The summed E-state index contributed by atoms with van der Waals surface area (Å²) < 4.78 is 5.01. The van der Waals surface area contributed by atoms with Crippen LogP contribution >= 0.6 is 0 Å². The van der Waals surface area contributed by atoms with E-state index in [1.807, 2.05) is 0 Å². The number of aliphatic carboxylic acids is 1. The second-order valence-corrected chi connectivity index (χ2v) is 3.91. The Bertz CT molecular complexity index is 427. The first-order chi connectivity index (χ1) is 9.08. The summed E-state index contributed by atoms with van der Waals surface area (Å²) in [4.78, 5) is 32.9. The molecule has 3 N–H and O–H groups in total. The molecule has 3 amide bonds. The second-order valence-electron chi connectivity index (χ2n) is 3.91. The minimum Gasteiger partial charge on any atom is -0.481 e. The number of carboxylic acids is 1. The first-order valence-electron chi connectivity index (χ1n) is 5.90. The number of carboxylic acid groups (broad SMARTS) is 1. The molecule has 1 aromatic rings. The zero-order chi connectivity index (χ0) is 14.1. The molecule has 0 saturated heterocycles. The number of nitrogens with one attached hydrogen (secondary N) is 2. The Labute approximate surface area is 110 Å². The van der Waals surface area contributed by atoms with Crippen LogP contribution in [0.4, 0.5) is 4.79 Å². The first kappa shape index (κ1) is 14.7. The quantitative estimate of drug-likeness (QED) is 0.645. The van der Waals surface area contributed by atoms with Gasteiger partial charge in [-0.3, -0.25) is 14.9 Å². The summed E-state index contributed by atoms with van der Waals surface area (Å²) in [7, 11) is 0. The van der Waals surface area contributed by atoms with Gasteiger partial charge in [-0.1, -0.05) is 0 Å². The number of hydrogen-bond acceptors (Lipinski definition) is 4. The summed E-state index contributed by atoms with van der Waals surface area (Å²) in [6, 6.07) is 2.80. The Morgan fingerprint density at radius 1 is 1.21 bits per heavy atom. The molecule has 0 aliphatic rings. The summed E-state index contributed by atoms with van der Waals surface area (Å²) in [5.41, 5.74) is 0. The fourth-order valence-corrected chi connectivity index (χ4v) is 1.38. The molecule has 104 valence electrons. The van der Waals surface area contributed by atoms with Crippen LogP contribution in [-0.4, -0.2) is 23.0 Å². The number of carbonyl (C=O) groups is 3. The van der Waals surface area contributed by atoms with Crippen molar-refractivity contribution in [2.75, 3.05) is 0 Å². The van der Waals surface area contributed by atoms with Crippen molar-refractivity contribution in [2.24, 2.45) is 0 Å². The molecule has 7 nitrogen and oxygen atoms in total. The van der Waals surface area contributed by atoms with Crippen molar-refractivity contribution >= 4 is 17.9 Å². The molecule has 0 fully saturated rings. The van der Waals surface area contributed by atoms with Gasteiger partial charge >= 0.3 is 12.0 Å². The van der Waals surface area contributed by atoms with Gasteiger partial charge < -0.3 is 14.8 Å². The minimum absolute atomic E-state index is 0.0258. The van der Waals surface area contributed by atoms with E-state index in [2.05, 4.69) is 10.6 Å². The van der Waals surface area contributed by atoms with Crippen molar-refractivity contribution in [3.8, 4) is 0 Å². The van der Waals surface area contributed by atoms with E-state index in [1.165, 1.54) is 6.26 Å². The molecule has 0 atom stereocenters. The average molecular weight is 268 g/mol. The van der Waals surface area contributed by atoms with Gasteiger partial charge in [0.2, 0.25) is 5.91 Å². The second kappa shape index (κ2) is 7.91. The third-order valence-corrected chi connectivity index (χ3v) is 2.30. The maximum Gasteiger partial charge on any atom is 0.321 e. The Morgan fingerprint density at radius 2 is 1.95 bits per heavy atom. The summed E-state index contributed by atoms with van der Waals surface area (Å²) in [6.07, 6.45) is 2.49. The topological polar surface area (TPSA) is 109 Å². The Kier molecular flexibility index (Phi) is 6.14. The van der Waals surface area contributed by atoms with Crippen LogP contribution < -0.4 is 10.6 Å². The summed E-state index contributed by atoms with van der Waals surface area (Å²) in [6.45, 7) is 0.200. The molecule has 0 radical (unpaired) electrons. The van der Waals surface area contributed by atoms with Gasteiger partial charge in [0.05, 0.1) is 12.8 Å². The fraction of sp³-hybridized carbons (Fsp3) is 0.417. The molecule has 0 bridgehead atoms. The van der Waals surface area contributed by atoms with Gasteiger partial charge in [0, 0.05) is 12.8 Å². The zero-order valence-electron chi connectivity index (χ0n) is 10.3. The lowest BCUT2D eigenvalue weighted by molar-refractivity contribution is -0.137. The lowest BCUT2D eigenvalue weighted by atomic mass is 10.2. The largest absolute Gasteiger partial charge is 0.481 e. The van der Waals surface area contributed by atoms with E-state index < -0.39 is 17.9 Å². The van der Waals surface area contributed by atoms with Gasteiger partial charge in [0.1, 0.15) is 5.76 Å². The highest BCUT2D eigenvalue weighted by molar-refractivity contribution is 5.94. The van der Waals surface area contributed by atoms with Crippen LogP contribution in [0.3, 0.4) is 0 Å². The van der Waals surface area contributed by atoms with E-state index in [-0.39, 0.29) is 19.4 Å². The number of unbranched alkanes of at least 4 members (excludes halogenated alkanes) is 1. The number of urea groups is 1. The molecule has 0 aromatic carbocycles. The van der Waals surface area contributed by atoms with Crippen molar-refractivity contribution in [3.05, 3.63) is 24.2 Å². The fourth-order valence-electron chi connectivity index (χ4n) is 1.38. The zero-order valence-corrected chi connectivity index (χ0v) is 10.3. The molecular weight excluding hydrogens is 252 g/mol. The van der Waals surface area contributed by atoms with Gasteiger partial charge in [-0.25, -0.2) is 4.79 Å². The van der Waals surface area contributed by atoms with Crippen molar-refractivity contribution in [2.45, 2.75) is 32.2 Å². The molecule has 1 heterocycles. The van der Waals surface area contributed by atoms with Crippen LogP contribution in [0.2, 0.25) is 0 Å². The predicted octanol–water partition coefficient (Wildman–Crippen LogP) is 1.25. The van der Waals surface area contributed by atoms with E-state index in [4.69, 9.17) is 9.52 Å². The van der Waals surface area contributed by atoms with E-state index in [0.717, 1.165) is 0 Å². The van der Waals surface area contributed by atoms with E-state index in [1.54, 1.807) is 12.1 Å². The lowest BCUT2D eigenvalue weighted by Gasteiger charge is -2.05. The molecule has 0 aliphatic heterocycles. The van der Waals surface area contributed by atoms with Crippen molar-refractivity contribution in [3.63, 3.8) is 0 Å². The lowest BCUT2D eigenvalue weighted by Crippen LogP contribution is -2.38. The summed E-state index contributed by atoms with van der Waals surface area (Å²) in [5, 5.41) is 13.0. The number of amides is 3. The molecule has 1 rings (SSSR count). The highest BCUT2D eigenvalue weighted by Gasteiger charge is 2.08. The highest BCUT2D eigenvalue weighted by Crippen LogP contribution is 2.00. The van der Waals surface area contributed by atoms with Crippen molar-refractivity contribution < 1.29 is 23.9 Å². The maximum absolute atomic E-state index is 11.3. The van der Waals surface area contributed by atoms with Gasteiger partial charge in [-0.05, 0) is 25.0 Å². The van der Waals surface area contributed by atoms with Crippen molar-refractivity contribution in [1.29, 1.82) is 0 Å². The number of rotatable bonds is 7. The average Bonchev–Trinajstić information content (AvgIpc) is 2.85. The number of hydrogen-bond donors (Lipinski definition) is 3. The van der Waals surface area contributed by atoms with E-state index in [0.29, 0.717) is 18.6 Å². The molecule has 7 heteroatoms. The highest BCUT2D eigenvalue weighted by atomic mass is 16.4. The minimum atomic E-state index is -0.892. The van der Waals surface area contributed by atoms with Crippen LogP contribution in [0.25, 0.3) is 0 Å². The van der Waals surface area contributed by atoms with Crippen LogP contribution in [0.1, 0.15) is 31.4 Å². The first-order valence-corrected chi connectivity index (χ1v) is 5.90. The van der Waals surface area contributed by atoms with Gasteiger partial charge in [-0.15, -0.1) is 0 Å². The normalized spacial score (nSPS) is 9.89. The molecule has 0 aliphatic carbocycles. The van der Waals surface area contributed by atoms with E-state index >= 15 is 0 Å². The Morgan fingerprint density at radius 3 is 2.58 bits per heavy atom. The third kappa shape index (κ3) is 6.87. The number of carbonyl (C=O) groups excluding carboxylic acids is 2. The maximum atomic E-state index is 11.3. The summed E-state index contributed by atoms with van der Waals surface area (Å²) in [5.74, 6) is -0.733.